The SMILES string of the molecule is CCCc1ccc(-c2cc(F)c(C(F)(F)Oc3cc(F)c(-c4cc(F)c(C(F)(F)OC(F)(F)F)c(F)c4)c(F)c3)c(F)c2)c(F)c1. The van der Waals surface area contributed by atoms with Crippen molar-refractivity contribution in [3.05, 3.63) is 112 Å². The van der Waals surface area contributed by atoms with Crippen molar-refractivity contribution in [2.45, 2.75) is 38.3 Å². The normalized spacial score (nSPS) is 12.5. The van der Waals surface area contributed by atoms with Crippen LogP contribution in [0.2, 0.25) is 0 Å². The minimum Gasteiger partial charge on any atom is -0.429 e. The Morgan fingerprint density at radius 1 is 0.543 bits per heavy atom. The van der Waals surface area contributed by atoms with Crippen molar-refractivity contribution in [3.8, 4) is 28.0 Å². The molecule has 0 saturated heterocycles. The lowest BCUT2D eigenvalue weighted by molar-refractivity contribution is -0.432. The van der Waals surface area contributed by atoms with Crippen LogP contribution in [0.3, 0.4) is 0 Å². The van der Waals surface area contributed by atoms with Gasteiger partial charge in [-0.05, 0) is 53.4 Å². The lowest BCUT2D eigenvalue weighted by Crippen LogP contribution is -2.29. The van der Waals surface area contributed by atoms with Gasteiger partial charge in [-0.3, -0.25) is 0 Å². The molecule has 4 aromatic rings. The number of aryl methyl sites for hydroxylation is 1. The van der Waals surface area contributed by atoms with Crippen LogP contribution >= 0.6 is 0 Å². The second-order valence-electron chi connectivity index (χ2n) is 9.64. The van der Waals surface area contributed by atoms with Crippen molar-refractivity contribution < 1.29 is 70.9 Å². The van der Waals surface area contributed by atoms with Gasteiger partial charge in [0.25, 0.3) is 0 Å². The van der Waals surface area contributed by atoms with E-state index in [4.69, 9.17) is 0 Å². The van der Waals surface area contributed by atoms with Crippen molar-refractivity contribution in [1.29, 1.82) is 0 Å². The zero-order valence-corrected chi connectivity index (χ0v) is 22.7. The lowest BCUT2D eigenvalue weighted by Gasteiger charge is -2.21. The summed E-state index contributed by atoms with van der Waals surface area (Å²) >= 11 is 0. The largest absolute Gasteiger partial charge is 0.527 e. The molecule has 46 heavy (non-hydrogen) atoms. The van der Waals surface area contributed by atoms with E-state index in [2.05, 4.69) is 9.47 Å². The molecule has 0 amide bonds. The van der Waals surface area contributed by atoms with E-state index in [-0.39, 0.29) is 29.8 Å². The average Bonchev–Trinajstić information content (AvgIpc) is 2.85. The summed E-state index contributed by atoms with van der Waals surface area (Å²) in [6, 6.07) is 4.07. The summed E-state index contributed by atoms with van der Waals surface area (Å²) in [7, 11) is 0. The standard InChI is InChI=1S/C30H16F14O2/c1-2-3-13-4-5-17(18(31)6-13)14-7-21(34)26(22(35)8-14)28(38,39)45-16-11-19(32)25(20(33)12-16)15-9-23(36)27(24(37)10-15)29(40,41)46-30(42,43)44/h4-12H,2-3H2,1H3. The van der Waals surface area contributed by atoms with Gasteiger partial charge in [0.05, 0.1) is 5.56 Å². The molecule has 246 valence electrons. The molecule has 0 aliphatic heterocycles. The van der Waals surface area contributed by atoms with Crippen LogP contribution in [-0.2, 0) is 23.4 Å². The van der Waals surface area contributed by atoms with E-state index in [9.17, 15) is 61.5 Å². The van der Waals surface area contributed by atoms with E-state index < -0.39 is 92.9 Å². The van der Waals surface area contributed by atoms with Crippen LogP contribution in [0.15, 0.2) is 54.6 Å². The Kier molecular flexibility index (Phi) is 9.35. The smallest absolute Gasteiger partial charge is 0.429 e. The van der Waals surface area contributed by atoms with Gasteiger partial charge in [-0.25, -0.2) is 35.5 Å². The highest BCUT2D eigenvalue weighted by atomic mass is 19.4. The Hall–Kier alpha value is -4.34. The molecule has 4 aromatic carbocycles. The van der Waals surface area contributed by atoms with Crippen LogP contribution in [-0.4, -0.2) is 6.36 Å². The molecule has 2 nitrogen and oxygen atoms in total. The molecule has 0 aliphatic carbocycles. The number of hydrogen-bond acceptors (Lipinski definition) is 2. The van der Waals surface area contributed by atoms with E-state index in [1.165, 1.54) is 12.1 Å². The summed E-state index contributed by atoms with van der Waals surface area (Å²) in [5.41, 5.74) is -7.47. The second kappa shape index (κ2) is 12.5. The van der Waals surface area contributed by atoms with E-state index in [1.54, 1.807) is 0 Å². The first kappa shape index (κ1) is 34.5. The Morgan fingerprint density at radius 2 is 1.02 bits per heavy atom. The maximum absolute atomic E-state index is 14.9. The predicted molar refractivity (Wildman–Crippen MR) is 133 cm³/mol. The molecule has 0 heterocycles. The third-order valence-electron chi connectivity index (χ3n) is 6.34. The molecule has 0 aromatic heterocycles. The lowest BCUT2D eigenvalue weighted by atomic mass is 9.99. The quantitative estimate of drug-likeness (QED) is 0.165. The molecule has 0 aliphatic rings. The van der Waals surface area contributed by atoms with E-state index in [0.717, 1.165) is 6.07 Å². The van der Waals surface area contributed by atoms with Crippen LogP contribution in [0.5, 0.6) is 5.75 Å². The molecule has 0 atom stereocenters. The van der Waals surface area contributed by atoms with Gasteiger partial charge < -0.3 is 4.74 Å². The average molecular weight is 674 g/mol. The fourth-order valence-electron chi connectivity index (χ4n) is 4.52. The number of benzene rings is 4. The van der Waals surface area contributed by atoms with Gasteiger partial charge in [0.2, 0.25) is 0 Å². The van der Waals surface area contributed by atoms with Crippen LogP contribution in [0.4, 0.5) is 61.5 Å². The van der Waals surface area contributed by atoms with Gasteiger partial charge in [0.1, 0.15) is 57.6 Å². The first-order valence-corrected chi connectivity index (χ1v) is 12.7. The molecular weight excluding hydrogens is 658 g/mol. The molecule has 0 spiro atoms. The van der Waals surface area contributed by atoms with E-state index in [0.29, 0.717) is 30.5 Å². The highest BCUT2D eigenvalue weighted by Gasteiger charge is 2.49. The zero-order chi connectivity index (χ0) is 34.4. The zero-order valence-electron chi connectivity index (χ0n) is 22.7. The minimum atomic E-state index is -6.05. The molecule has 0 fully saturated rings. The third-order valence-corrected chi connectivity index (χ3v) is 6.34. The third kappa shape index (κ3) is 7.21. The van der Waals surface area contributed by atoms with Crippen LogP contribution in [0.25, 0.3) is 22.3 Å². The Morgan fingerprint density at radius 3 is 1.48 bits per heavy atom. The van der Waals surface area contributed by atoms with Crippen molar-refractivity contribution >= 4 is 0 Å². The van der Waals surface area contributed by atoms with Gasteiger partial charge in [-0.15, -0.1) is 13.2 Å². The topological polar surface area (TPSA) is 18.5 Å². The van der Waals surface area contributed by atoms with E-state index in [1.807, 2.05) is 6.92 Å². The van der Waals surface area contributed by atoms with Crippen LogP contribution in [0.1, 0.15) is 30.0 Å². The van der Waals surface area contributed by atoms with Crippen LogP contribution < -0.4 is 4.74 Å². The molecule has 0 unspecified atom stereocenters. The summed E-state index contributed by atoms with van der Waals surface area (Å²) in [4.78, 5) is 0. The molecule has 4 rings (SSSR count). The molecule has 0 bridgehead atoms. The molecular formula is C30H16F14O2. The number of rotatable bonds is 9. The first-order valence-electron chi connectivity index (χ1n) is 12.7. The molecule has 0 N–H and O–H groups in total. The number of halogens is 14. The van der Waals surface area contributed by atoms with Gasteiger partial charge in [-0.1, -0.05) is 25.5 Å². The number of ether oxygens (including phenoxy) is 2. The summed E-state index contributed by atoms with van der Waals surface area (Å²) in [5.74, 6) is -14.9. The van der Waals surface area contributed by atoms with Gasteiger partial charge in [0, 0.05) is 17.7 Å². The Balaban J connectivity index is 1.65. The molecule has 16 heteroatoms. The maximum atomic E-state index is 14.9. The van der Waals surface area contributed by atoms with Gasteiger partial charge in [0.15, 0.2) is 0 Å². The molecule has 0 saturated carbocycles. The van der Waals surface area contributed by atoms with Gasteiger partial charge >= 0.3 is 18.6 Å². The van der Waals surface area contributed by atoms with Crippen molar-refractivity contribution in [1.82, 2.24) is 0 Å². The van der Waals surface area contributed by atoms with Gasteiger partial charge in [-0.2, -0.15) is 17.6 Å². The summed E-state index contributed by atoms with van der Waals surface area (Å²) in [5, 5.41) is 0. The highest BCUT2D eigenvalue weighted by molar-refractivity contribution is 5.67. The number of alkyl halides is 7. The summed E-state index contributed by atoms with van der Waals surface area (Å²) in [6.07, 6.45) is -15.5. The Bertz CT molecular complexity index is 1710. The van der Waals surface area contributed by atoms with Crippen LogP contribution in [0, 0.1) is 40.7 Å². The summed E-state index contributed by atoms with van der Waals surface area (Å²) in [6.45, 7) is 1.82. The fourth-order valence-corrected chi connectivity index (χ4v) is 4.52. The van der Waals surface area contributed by atoms with Crippen molar-refractivity contribution in [3.63, 3.8) is 0 Å². The van der Waals surface area contributed by atoms with E-state index >= 15 is 0 Å². The highest BCUT2D eigenvalue weighted by Crippen LogP contribution is 2.42. The van der Waals surface area contributed by atoms with Crippen molar-refractivity contribution in [2.75, 3.05) is 0 Å². The minimum absolute atomic E-state index is 0.0190. The fraction of sp³-hybridized carbons (Fsp3) is 0.200. The molecule has 0 radical (unpaired) electrons. The summed E-state index contributed by atoms with van der Waals surface area (Å²) < 4.78 is 203. The van der Waals surface area contributed by atoms with Crippen molar-refractivity contribution in [2.24, 2.45) is 0 Å². The maximum Gasteiger partial charge on any atom is 0.527 e. The predicted octanol–water partition coefficient (Wildman–Crippen LogP) is 10.7. The monoisotopic (exact) mass is 674 g/mol. The first-order chi connectivity index (χ1) is 21.2. The second-order valence-corrected chi connectivity index (χ2v) is 9.64. The number of hydrogen-bond donors (Lipinski definition) is 0. The Labute approximate surface area is 249 Å².